The van der Waals surface area contributed by atoms with Crippen LogP contribution in [0.15, 0.2) is 51.4 Å². The topological polar surface area (TPSA) is 29.1 Å². The van der Waals surface area contributed by atoms with E-state index in [9.17, 15) is 4.79 Å². The summed E-state index contributed by atoms with van der Waals surface area (Å²) in [6, 6.07) is 13.9. The number of benzene rings is 2. The minimum atomic E-state index is -0.0788. The monoisotopic (exact) mass is 409 g/mol. The van der Waals surface area contributed by atoms with Crippen LogP contribution in [0.4, 0.5) is 0 Å². The summed E-state index contributed by atoms with van der Waals surface area (Å²) < 4.78 is 1.76. The number of halogens is 2. The second kappa shape index (κ2) is 7.23. The van der Waals surface area contributed by atoms with Gasteiger partial charge in [-0.3, -0.25) is 4.79 Å². The van der Waals surface area contributed by atoms with Gasteiger partial charge in [-0.2, -0.15) is 0 Å². The fraction of sp³-hybridized carbons (Fsp3) is 0.235. The SMILES string of the molecule is CC(C)c1ccc(CNC(=O)c2cc(Br)cc(Br)c2)cc1. The zero-order valence-corrected chi connectivity index (χ0v) is 15.2. The molecule has 0 saturated heterocycles. The van der Waals surface area contributed by atoms with Crippen LogP contribution in [0.2, 0.25) is 0 Å². The largest absolute Gasteiger partial charge is 0.348 e. The number of carbonyl (C=O) groups excluding carboxylic acids is 1. The average molecular weight is 411 g/mol. The van der Waals surface area contributed by atoms with Crippen LogP contribution in [-0.4, -0.2) is 5.91 Å². The molecule has 2 nitrogen and oxygen atoms in total. The van der Waals surface area contributed by atoms with Crippen molar-refractivity contribution in [2.75, 3.05) is 0 Å². The van der Waals surface area contributed by atoms with Crippen LogP contribution in [0.1, 0.15) is 41.3 Å². The quantitative estimate of drug-likeness (QED) is 0.731. The third-order valence-corrected chi connectivity index (χ3v) is 4.14. The van der Waals surface area contributed by atoms with Gasteiger partial charge in [0.15, 0.2) is 0 Å². The molecule has 0 fully saturated rings. The molecule has 0 aliphatic carbocycles. The van der Waals surface area contributed by atoms with Crippen molar-refractivity contribution in [3.8, 4) is 0 Å². The minimum absolute atomic E-state index is 0.0788. The van der Waals surface area contributed by atoms with Gasteiger partial charge in [0.2, 0.25) is 0 Å². The Balaban J connectivity index is 2.00. The van der Waals surface area contributed by atoms with E-state index in [2.05, 4.69) is 75.3 Å². The van der Waals surface area contributed by atoms with Crippen molar-refractivity contribution in [3.05, 3.63) is 68.1 Å². The number of nitrogens with one attached hydrogen (secondary N) is 1. The van der Waals surface area contributed by atoms with Gasteiger partial charge in [0.25, 0.3) is 5.91 Å². The number of amides is 1. The molecule has 1 amide bonds. The molecule has 0 unspecified atom stereocenters. The van der Waals surface area contributed by atoms with Crippen molar-refractivity contribution in [1.82, 2.24) is 5.32 Å². The Bertz CT molecular complexity index is 615. The maximum Gasteiger partial charge on any atom is 0.251 e. The van der Waals surface area contributed by atoms with E-state index in [-0.39, 0.29) is 5.91 Å². The van der Waals surface area contributed by atoms with E-state index in [0.717, 1.165) is 14.5 Å². The highest BCUT2D eigenvalue weighted by atomic mass is 79.9. The second-order valence-electron chi connectivity index (χ2n) is 5.24. The van der Waals surface area contributed by atoms with Gasteiger partial charge >= 0.3 is 0 Å². The molecule has 0 bridgehead atoms. The average Bonchev–Trinajstić information content (AvgIpc) is 2.44. The summed E-state index contributed by atoms with van der Waals surface area (Å²) in [6.07, 6.45) is 0. The molecule has 2 aromatic rings. The summed E-state index contributed by atoms with van der Waals surface area (Å²) in [5.74, 6) is 0.442. The van der Waals surface area contributed by atoms with E-state index in [1.165, 1.54) is 5.56 Å². The maximum atomic E-state index is 12.1. The van der Waals surface area contributed by atoms with Gasteiger partial charge in [-0.25, -0.2) is 0 Å². The molecule has 0 saturated carbocycles. The molecule has 4 heteroatoms. The normalized spacial score (nSPS) is 10.7. The van der Waals surface area contributed by atoms with Gasteiger partial charge in [0.1, 0.15) is 0 Å². The van der Waals surface area contributed by atoms with E-state index in [1.807, 2.05) is 18.2 Å². The Morgan fingerprint density at radius 1 is 1.05 bits per heavy atom. The Morgan fingerprint density at radius 3 is 2.14 bits per heavy atom. The molecule has 0 radical (unpaired) electrons. The lowest BCUT2D eigenvalue weighted by molar-refractivity contribution is 0.0951. The Kier molecular flexibility index (Phi) is 5.59. The van der Waals surface area contributed by atoms with Crippen LogP contribution in [0.5, 0.6) is 0 Å². The number of carbonyl (C=O) groups is 1. The van der Waals surface area contributed by atoms with Gasteiger partial charge in [-0.1, -0.05) is 70.0 Å². The van der Waals surface area contributed by atoms with Crippen molar-refractivity contribution in [2.24, 2.45) is 0 Å². The van der Waals surface area contributed by atoms with E-state index >= 15 is 0 Å². The molecule has 110 valence electrons. The summed E-state index contributed by atoms with van der Waals surface area (Å²) in [5, 5.41) is 2.94. The highest BCUT2D eigenvalue weighted by Gasteiger charge is 2.07. The lowest BCUT2D eigenvalue weighted by Gasteiger charge is -2.09. The summed E-state index contributed by atoms with van der Waals surface area (Å²) >= 11 is 6.78. The van der Waals surface area contributed by atoms with E-state index in [0.29, 0.717) is 18.0 Å². The molecule has 0 atom stereocenters. The first-order chi connectivity index (χ1) is 9.95. The lowest BCUT2D eigenvalue weighted by Crippen LogP contribution is -2.22. The first-order valence-electron chi connectivity index (χ1n) is 6.79. The summed E-state index contributed by atoms with van der Waals surface area (Å²) in [5.41, 5.74) is 3.04. The zero-order chi connectivity index (χ0) is 15.4. The third-order valence-electron chi connectivity index (χ3n) is 3.22. The third kappa shape index (κ3) is 4.68. The fourth-order valence-electron chi connectivity index (χ4n) is 1.99. The molecule has 2 aromatic carbocycles. The second-order valence-corrected chi connectivity index (χ2v) is 7.07. The smallest absolute Gasteiger partial charge is 0.251 e. The number of rotatable bonds is 4. The van der Waals surface area contributed by atoms with Gasteiger partial charge in [-0.15, -0.1) is 0 Å². The van der Waals surface area contributed by atoms with Crippen LogP contribution in [0.3, 0.4) is 0 Å². The van der Waals surface area contributed by atoms with Gasteiger partial charge in [-0.05, 0) is 35.2 Å². The molecule has 1 N–H and O–H groups in total. The van der Waals surface area contributed by atoms with Crippen molar-refractivity contribution in [2.45, 2.75) is 26.3 Å². The van der Waals surface area contributed by atoms with Crippen LogP contribution in [0, 0.1) is 0 Å². The molecule has 2 rings (SSSR count). The zero-order valence-electron chi connectivity index (χ0n) is 12.0. The van der Waals surface area contributed by atoms with E-state index in [4.69, 9.17) is 0 Å². The predicted octanol–water partition coefficient (Wildman–Crippen LogP) is 5.27. The molecule has 0 aromatic heterocycles. The van der Waals surface area contributed by atoms with E-state index in [1.54, 1.807) is 0 Å². The Hall–Kier alpha value is -1.13. The first-order valence-corrected chi connectivity index (χ1v) is 8.37. The van der Waals surface area contributed by atoms with Gasteiger partial charge in [0.05, 0.1) is 0 Å². The van der Waals surface area contributed by atoms with Crippen molar-refractivity contribution in [3.63, 3.8) is 0 Å². The minimum Gasteiger partial charge on any atom is -0.348 e. The van der Waals surface area contributed by atoms with Crippen molar-refractivity contribution < 1.29 is 4.79 Å². The molecule has 0 aliphatic rings. The summed E-state index contributed by atoms with van der Waals surface area (Å²) in [4.78, 5) is 12.1. The number of hydrogen-bond donors (Lipinski definition) is 1. The van der Waals surface area contributed by atoms with Crippen LogP contribution < -0.4 is 5.32 Å². The molecule has 0 heterocycles. The molecule has 21 heavy (non-hydrogen) atoms. The van der Waals surface area contributed by atoms with Crippen LogP contribution in [0.25, 0.3) is 0 Å². The van der Waals surface area contributed by atoms with Gasteiger partial charge < -0.3 is 5.32 Å². The Labute approximate surface area is 142 Å². The van der Waals surface area contributed by atoms with Crippen molar-refractivity contribution >= 4 is 37.8 Å². The van der Waals surface area contributed by atoms with Crippen molar-refractivity contribution in [1.29, 1.82) is 0 Å². The standard InChI is InChI=1S/C17H17Br2NO/c1-11(2)13-5-3-12(4-6-13)10-20-17(21)14-7-15(18)9-16(19)8-14/h3-9,11H,10H2,1-2H3,(H,20,21). The molecule has 0 aliphatic heterocycles. The molecular weight excluding hydrogens is 394 g/mol. The molecular formula is C17H17Br2NO. The highest BCUT2D eigenvalue weighted by Crippen LogP contribution is 2.20. The first kappa shape index (κ1) is 16.2. The Morgan fingerprint density at radius 2 is 1.62 bits per heavy atom. The van der Waals surface area contributed by atoms with Gasteiger partial charge in [0, 0.05) is 21.1 Å². The fourth-order valence-corrected chi connectivity index (χ4v) is 3.28. The predicted molar refractivity (Wildman–Crippen MR) is 93.5 cm³/mol. The summed E-state index contributed by atoms with van der Waals surface area (Å²) in [7, 11) is 0. The highest BCUT2D eigenvalue weighted by molar-refractivity contribution is 9.11. The number of hydrogen-bond acceptors (Lipinski definition) is 1. The van der Waals surface area contributed by atoms with E-state index < -0.39 is 0 Å². The van der Waals surface area contributed by atoms with Crippen LogP contribution >= 0.6 is 31.9 Å². The molecule has 0 spiro atoms. The lowest BCUT2D eigenvalue weighted by atomic mass is 10.0. The summed E-state index contributed by atoms with van der Waals surface area (Å²) in [6.45, 7) is 4.87. The maximum absolute atomic E-state index is 12.1. The van der Waals surface area contributed by atoms with Crippen LogP contribution in [-0.2, 0) is 6.54 Å².